The minimum atomic E-state index is -0.852. The van der Waals surface area contributed by atoms with Gasteiger partial charge >= 0.3 is 0 Å². The van der Waals surface area contributed by atoms with Crippen LogP contribution in [0.2, 0.25) is 0 Å². The lowest BCUT2D eigenvalue weighted by molar-refractivity contribution is -0.123. The zero-order valence-electron chi connectivity index (χ0n) is 20.5. The fourth-order valence-electron chi connectivity index (χ4n) is 3.60. The summed E-state index contributed by atoms with van der Waals surface area (Å²) in [5.41, 5.74) is 0. The number of aliphatic hydroxyl groups is 2. The van der Waals surface area contributed by atoms with Gasteiger partial charge in [-0.1, -0.05) is 109 Å². The first-order chi connectivity index (χ1) is 15.2. The molecular weight excluding hydrogens is 386 g/mol. The number of amides is 1. The summed E-state index contributed by atoms with van der Waals surface area (Å²) in [5, 5.41) is 22.5. The van der Waals surface area contributed by atoms with Gasteiger partial charge in [-0.15, -0.1) is 0 Å². The van der Waals surface area contributed by atoms with Gasteiger partial charge in [0, 0.05) is 6.42 Å². The van der Waals surface area contributed by atoms with Gasteiger partial charge < -0.3 is 15.5 Å². The van der Waals surface area contributed by atoms with Crippen molar-refractivity contribution in [3.8, 4) is 0 Å². The predicted octanol–water partition coefficient (Wildman–Crippen LogP) is 6.61. The Morgan fingerprint density at radius 1 is 0.742 bits per heavy atom. The number of hydrogen-bond donors (Lipinski definition) is 3. The number of carbonyl (C=O) groups is 1. The summed E-state index contributed by atoms with van der Waals surface area (Å²) in [7, 11) is 0. The Kier molecular flexibility index (Phi) is 22.7. The van der Waals surface area contributed by atoms with Gasteiger partial charge in [-0.25, -0.2) is 0 Å². The molecule has 0 spiro atoms. The maximum absolute atomic E-state index is 12.1. The fraction of sp³-hybridized carbons (Fsp3) is 0.815. The zero-order valence-corrected chi connectivity index (χ0v) is 20.5. The number of allylic oxidation sites excluding steroid dienone is 3. The lowest BCUT2D eigenvalue weighted by atomic mass is 10.1. The molecule has 0 aromatic heterocycles. The molecule has 0 aromatic rings. The Labute approximate surface area is 192 Å². The van der Waals surface area contributed by atoms with Crippen LogP contribution in [0.5, 0.6) is 0 Å². The molecule has 0 heterocycles. The Hall–Kier alpha value is -1.13. The van der Waals surface area contributed by atoms with E-state index in [0.717, 1.165) is 32.1 Å². The van der Waals surface area contributed by atoms with Crippen molar-refractivity contribution in [2.45, 2.75) is 135 Å². The number of unbranched alkanes of at least 4 members (excludes halogenated alkanes) is 13. The second kappa shape index (κ2) is 23.5. The van der Waals surface area contributed by atoms with Crippen LogP contribution >= 0.6 is 0 Å². The van der Waals surface area contributed by atoms with Crippen molar-refractivity contribution in [2.75, 3.05) is 6.61 Å². The summed E-state index contributed by atoms with van der Waals surface area (Å²) in [6.45, 7) is 4.19. The van der Waals surface area contributed by atoms with Crippen LogP contribution in [0.25, 0.3) is 0 Å². The Morgan fingerprint density at radius 2 is 1.26 bits per heavy atom. The molecule has 1 amide bonds. The normalized spacial score (nSPS) is 13.8. The molecular formula is C27H51NO3. The highest BCUT2D eigenvalue weighted by molar-refractivity contribution is 5.76. The van der Waals surface area contributed by atoms with Crippen LogP contribution in [0.1, 0.15) is 123 Å². The average molecular weight is 438 g/mol. The zero-order chi connectivity index (χ0) is 23.0. The van der Waals surface area contributed by atoms with Gasteiger partial charge in [-0.3, -0.25) is 4.79 Å². The van der Waals surface area contributed by atoms with Crippen molar-refractivity contribution in [3.05, 3.63) is 24.3 Å². The first kappa shape index (κ1) is 29.9. The van der Waals surface area contributed by atoms with Crippen LogP contribution in [0.15, 0.2) is 24.3 Å². The topological polar surface area (TPSA) is 69.6 Å². The molecule has 182 valence electrons. The fourth-order valence-corrected chi connectivity index (χ4v) is 3.60. The second-order valence-electron chi connectivity index (χ2n) is 8.75. The molecule has 0 rings (SSSR count). The predicted molar refractivity (Wildman–Crippen MR) is 133 cm³/mol. The van der Waals surface area contributed by atoms with Gasteiger partial charge in [0.1, 0.15) is 0 Å². The first-order valence-electron chi connectivity index (χ1n) is 13.1. The lowest BCUT2D eigenvalue weighted by Crippen LogP contribution is -2.45. The van der Waals surface area contributed by atoms with E-state index in [4.69, 9.17) is 0 Å². The van der Waals surface area contributed by atoms with Gasteiger partial charge in [0.15, 0.2) is 0 Å². The van der Waals surface area contributed by atoms with Crippen molar-refractivity contribution < 1.29 is 15.0 Å². The number of nitrogens with one attached hydrogen (secondary N) is 1. The maximum Gasteiger partial charge on any atom is 0.220 e. The van der Waals surface area contributed by atoms with E-state index in [1.165, 1.54) is 70.6 Å². The highest BCUT2D eigenvalue weighted by Gasteiger charge is 2.17. The van der Waals surface area contributed by atoms with Crippen LogP contribution < -0.4 is 5.32 Å². The number of carbonyl (C=O) groups excluding carboxylic acids is 1. The molecule has 0 radical (unpaired) electrons. The van der Waals surface area contributed by atoms with E-state index < -0.39 is 12.1 Å². The third-order valence-electron chi connectivity index (χ3n) is 5.69. The van der Waals surface area contributed by atoms with Gasteiger partial charge in [-0.05, 0) is 32.1 Å². The monoisotopic (exact) mass is 437 g/mol. The molecule has 4 nitrogen and oxygen atoms in total. The summed E-state index contributed by atoms with van der Waals surface area (Å²) in [5.74, 6) is -0.0823. The third-order valence-corrected chi connectivity index (χ3v) is 5.69. The van der Waals surface area contributed by atoms with Gasteiger partial charge in [0.25, 0.3) is 0 Å². The lowest BCUT2D eigenvalue weighted by Gasteiger charge is -2.19. The van der Waals surface area contributed by atoms with Crippen molar-refractivity contribution in [3.63, 3.8) is 0 Å². The van der Waals surface area contributed by atoms with Crippen molar-refractivity contribution in [2.24, 2.45) is 0 Å². The largest absolute Gasteiger partial charge is 0.394 e. The van der Waals surface area contributed by atoms with Crippen molar-refractivity contribution in [1.82, 2.24) is 5.32 Å². The minimum absolute atomic E-state index is 0.0823. The quantitative estimate of drug-likeness (QED) is 0.132. The van der Waals surface area contributed by atoms with Crippen LogP contribution in [-0.2, 0) is 4.79 Å². The molecule has 0 fully saturated rings. The van der Waals surface area contributed by atoms with E-state index in [0.29, 0.717) is 6.42 Å². The summed E-state index contributed by atoms with van der Waals surface area (Å²) in [4.78, 5) is 12.1. The van der Waals surface area contributed by atoms with Crippen molar-refractivity contribution in [1.29, 1.82) is 0 Å². The van der Waals surface area contributed by atoms with E-state index in [2.05, 4.69) is 31.3 Å². The van der Waals surface area contributed by atoms with Gasteiger partial charge in [0.05, 0.1) is 18.8 Å². The van der Waals surface area contributed by atoms with Crippen LogP contribution in [0.4, 0.5) is 0 Å². The summed E-state index contributed by atoms with van der Waals surface area (Å²) < 4.78 is 0. The van der Waals surface area contributed by atoms with E-state index >= 15 is 0 Å². The SMILES string of the molecule is CCCCC/C=C/CC/C=C/[C@@H](O)[C@H](CO)NC(=O)CCCCCCCCCCCC. The van der Waals surface area contributed by atoms with Crippen molar-refractivity contribution >= 4 is 5.91 Å². The Morgan fingerprint density at radius 3 is 1.87 bits per heavy atom. The molecule has 0 aliphatic carbocycles. The molecule has 0 saturated carbocycles. The average Bonchev–Trinajstić information content (AvgIpc) is 2.77. The minimum Gasteiger partial charge on any atom is -0.394 e. The van der Waals surface area contributed by atoms with E-state index in [1.54, 1.807) is 6.08 Å². The van der Waals surface area contributed by atoms with Crippen LogP contribution in [0.3, 0.4) is 0 Å². The number of rotatable bonds is 22. The van der Waals surface area contributed by atoms with Crippen LogP contribution in [0, 0.1) is 0 Å². The molecule has 3 N–H and O–H groups in total. The third kappa shape index (κ3) is 20.5. The standard InChI is InChI=1S/C27H51NO3/c1-3-5-7-9-11-13-15-17-19-21-23-27(31)28-25(24-29)26(30)22-20-18-16-14-12-10-8-6-4-2/h12,14,20,22,25-26,29-30H,3-11,13,15-19,21,23-24H2,1-2H3,(H,28,31)/b14-12+,22-20+/t25-,26+/m0/s1. The molecule has 4 heteroatoms. The van der Waals surface area contributed by atoms with Gasteiger partial charge in [0.2, 0.25) is 5.91 Å². The van der Waals surface area contributed by atoms with Crippen LogP contribution in [-0.4, -0.2) is 34.9 Å². The first-order valence-corrected chi connectivity index (χ1v) is 13.1. The second-order valence-corrected chi connectivity index (χ2v) is 8.75. The summed E-state index contributed by atoms with van der Waals surface area (Å²) in [6.07, 6.45) is 26.7. The molecule has 0 unspecified atom stereocenters. The molecule has 0 aliphatic rings. The summed E-state index contributed by atoms with van der Waals surface area (Å²) in [6, 6.07) is -0.628. The maximum atomic E-state index is 12.1. The summed E-state index contributed by atoms with van der Waals surface area (Å²) >= 11 is 0. The molecule has 0 saturated heterocycles. The Bertz CT molecular complexity index is 448. The smallest absolute Gasteiger partial charge is 0.220 e. The molecule has 31 heavy (non-hydrogen) atoms. The number of hydrogen-bond acceptors (Lipinski definition) is 3. The molecule has 2 atom stereocenters. The molecule has 0 aromatic carbocycles. The highest BCUT2D eigenvalue weighted by Crippen LogP contribution is 2.11. The van der Waals surface area contributed by atoms with E-state index in [-0.39, 0.29) is 12.5 Å². The van der Waals surface area contributed by atoms with Gasteiger partial charge in [-0.2, -0.15) is 0 Å². The highest BCUT2D eigenvalue weighted by atomic mass is 16.3. The molecule has 0 aliphatic heterocycles. The number of aliphatic hydroxyl groups excluding tert-OH is 2. The molecule has 0 bridgehead atoms. The van der Waals surface area contributed by atoms with E-state index in [1.807, 2.05) is 6.08 Å². The van der Waals surface area contributed by atoms with E-state index in [9.17, 15) is 15.0 Å². The Balaban J connectivity index is 3.80.